The molecule has 0 saturated carbocycles. The van der Waals surface area contributed by atoms with E-state index in [-0.39, 0.29) is 5.92 Å². The average Bonchev–Trinajstić information content (AvgIpc) is 1.85. The number of imide groups is 1. The summed E-state index contributed by atoms with van der Waals surface area (Å²) in [6, 6.07) is -0.937. The van der Waals surface area contributed by atoms with Crippen molar-refractivity contribution in [2.45, 2.75) is 13.8 Å². The van der Waals surface area contributed by atoms with E-state index < -0.39 is 17.9 Å². The van der Waals surface area contributed by atoms with Gasteiger partial charge in [0.2, 0.25) is 5.91 Å². The zero-order valence-corrected chi connectivity index (χ0v) is 7.03. The third-order valence-corrected chi connectivity index (χ3v) is 1.41. The minimum absolute atomic E-state index is 0.137. The molecule has 1 atom stereocenters. The van der Waals surface area contributed by atoms with Crippen LogP contribution in [-0.2, 0) is 9.59 Å². The zero-order chi connectivity index (χ0) is 9.72. The van der Waals surface area contributed by atoms with Crippen molar-refractivity contribution in [3.05, 3.63) is 0 Å². The molecule has 68 valence electrons. The Morgan fingerprint density at radius 2 is 1.92 bits per heavy atom. The number of carbonyl (C=O) groups is 3. The van der Waals surface area contributed by atoms with E-state index in [9.17, 15) is 14.4 Å². The van der Waals surface area contributed by atoms with Gasteiger partial charge in [-0.2, -0.15) is 0 Å². The van der Waals surface area contributed by atoms with E-state index in [1.807, 2.05) is 5.32 Å². The van der Waals surface area contributed by atoms with E-state index >= 15 is 0 Å². The van der Waals surface area contributed by atoms with E-state index in [2.05, 4.69) is 0 Å². The number of carbonyl (C=O) groups excluding carboxylic acids is 3. The highest BCUT2D eigenvalue weighted by Crippen LogP contribution is 2.07. The van der Waals surface area contributed by atoms with Crippen molar-refractivity contribution in [3.63, 3.8) is 0 Å². The van der Waals surface area contributed by atoms with Crippen LogP contribution in [0.15, 0.2) is 0 Å². The van der Waals surface area contributed by atoms with E-state index in [4.69, 9.17) is 5.73 Å². The molecule has 12 heavy (non-hydrogen) atoms. The number of nitrogens with one attached hydrogen (secondary N) is 1. The molecule has 0 aliphatic carbocycles. The standard InChI is InChI=1S/C7H12N2O3/c1-4(2)5(3-10)6(11)9-7(8)12/h3-5H,1-2H3,(H3,8,9,11,12). The number of primary amides is 1. The van der Waals surface area contributed by atoms with Gasteiger partial charge in [-0.05, 0) is 5.92 Å². The first-order chi connectivity index (χ1) is 5.49. The Bertz CT molecular complexity index is 201. The van der Waals surface area contributed by atoms with E-state index in [1.165, 1.54) is 0 Å². The SMILES string of the molecule is CC(C)C(C=O)C(=O)NC(N)=O. The summed E-state index contributed by atoms with van der Waals surface area (Å²) in [5.41, 5.74) is 4.70. The van der Waals surface area contributed by atoms with Crippen LogP contribution in [-0.4, -0.2) is 18.2 Å². The van der Waals surface area contributed by atoms with Crippen LogP contribution in [0.1, 0.15) is 13.8 Å². The Balaban J connectivity index is 4.22. The van der Waals surface area contributed by atoms with Gasteiger partial charge in [0.15, 0.2) is 0 Å². The number of nitrogens with two attached hydrogens (primary N) is 1. The lowest BCUT2D eigenvalue weighted by molar-refractivity contribution is -0.129. The van der Waals surface area contributed by atoms with Crippen molar-refractivity contribution < 1.29 is 14.4 Å². The first-order valence-electron chi connectivity index (χ1n) is 3.54. The normalized spacial score (nSPS) is 12.2. The third kappa shape index (κ3) is 3.14. The quantitative estimate of drug-likeness (QED) is 0.450. The largest absolute Gasteiger partial charge is 0.351 e. The maximum Gasteiger partial charge on any atom is 0.318 e. The Morgan fingerprint density at radius 3 is 2.17 bits per heavy atom. The van der Waals surface area contributed by atoms with Gasteiger partial charge >= 0.3 is 6.03 Å². The molecule has 0 aromatic heterocycles. The summed E-state index contributed by atoms with van der Waals surface area (Å²) in [5, 5.41) is 1.84. The molecule has 0 radical (unpaired) electrons. The van der Waals surface area contributed by atoms with Gasteiger partial charge in [0.1, 0.15) is 6.29 Å². The number of urea groups is 1. The zero-order valence-electron chi connectivity index (χ0n) is 7.03. The van der Waals surface area contributed by atoms with Gasteiger partial charge in [-0.1, -0.05) is 13.8 Å². The van der Waals surface area contributed by atoms with Crippen LogP contribution in [0.25, 0.3) is 0 Å². The van der Waals surface area contributed by atoms with Gasteiger partial charge < -0.3 is 10.5 Å². The van der Waals surface area contributed by atoms with Crippen molar-refractivity contribution in [3.8, 4) is 0 Å². The van der Waals surface area contributed by atoms with Crippen LogP contribution in [0.3, 0.4) is 0 Å². The van der Waals surface area contributed by atoms with E-state index in [0.717, 1.165) is 0 Å². The molecular formula is C7H12N2O3. The molecule has 0 aromatic rings. The molecule has 0 aromatic carbocycles. The minimum atomic E-state index is -0.937. The second kappa shape index (κ2) is 4.48. The number of amides is 3. The monoisotopic (exact) mass is 172 g/mol. The highest BCUT2D eigenvalue weighted by Gasteiger charge is 2.21. The van der Waals surface area contributed by atoms with Crippen molar-refractivity contribution in [2.75, 3.05) is 0 Å². The highest BCUT2D eigenvalue weighted by molar-refractivity contribution is 6.00. The third-order valence-electron chi connectivity index (χ3n) is 1.41. The molecule has 0 spiro atoms. The molecule has 0 rings (SSSR count). The Kier molecular flexibility index (Phi) is 3.96. The van der Waals surface area contributed by atoms with Crippen molar-refractivity contribution in [1.82, 2.24) is 5.32 Å². The molecule has 0 bridgehead atoms. The van der Waals surface area contributed by atoms with E-state index in [1.54, 1.807) is 13.8 Å². The minimum Gasteiger partial charge on any atom is -0.351 e. The molecule has 0 fully saturated rings. The summed E-state index contributed by atoms with van der Waals surface area (Å²) in [5.74, 6) is -1.59. The first-order valence-corrected chi connectivity index (χ1v) is 3.54. The topological polar surface area (TPSA) is 89.3 Å². The predicted molar refractivity (Wildman–Crippen MR) is 42.1 cm³/mol. The number of hydrogen-bond donors (Lipinski definition) is 2. The molecule has 5 nitrogen and oxygen atoms in total. The summed E-state index contributed by atoms with van der Waals surface area (Å²) >= 11 is 0. The summed E-state index contributed by atoms with van der Waals surface area (Å²) in [4.78, 5) is 31.6. The maximum atomic E-state index is 11.0. The van der Waals surface area contributed by atoms with Crippen LogP contribution in [0.4, 0.5) is 4.79 Å². The molecule has 0 aliphatic heterocycles. The summed E-state index contributed by atoms with van der Waals surface area (Å²) in [6.07, 6.45) is 0.503. The summed E-state index contributed by atoms with van der Waals surface area (Å²) < 4.78 is 0. The molecule has 0 aliphatic rings. The van der Waals surface area contributed by atoms with Crippen LogP contribution >= 0.6 is 0 Å². The molecule has 3 amide bonds. The Labute approximate surface area is 70.3 Å². The number of aldehydes is 1. The van der Waals surface area contributed by atoms with Crippen molar-refractivity contribution in [1.29, 1.82) is 0 Å². The lowest BCUT2D eigenvalue weighted by atomic mass is 9.97. The van der Waals surface area contributed by atoms with Crippen LogP contribution in [0.2, 0.25) is 0 Å². The van der Waals surface area contributed by atoms with Gasteiger partial charge in [0.05, 0.1) is 5.92 Å². The Morgan fingerprint density at radius 1 is 1.42 bits per heavy atom. The Hall–Kier alpha value is -1.39. The molecular weight excluding hydrogens is 160 g/mol. The van der Waals surface area contributed by atoms with Gasteiger partial charge in [-0.15, -0.1) is 0 Å². The van der Waals surface area contributed by atoms with Crippen LogP contribution in [0.5, 0.6) is 0 Å². The first kappa shape index (κ1) is 10.6. The predicted octanol–water partition coefficient (Wildman–Crippen LogP) is -0.348. The number of hydrogen-bond acceptors (Lipinski definition) is 3. The summed E-state index contributed by atoms with van der Waals surface area (Å²) in [6.45, 7) is 3.42. The molecule has 0 saturated heterocycles. The maximum absolute atomic E-state index is 11.0. The van der Waals surface area contributed by atoms with E-state index in [0.29, 0.717) is 6.29 Å². The molecule has 0 heterocycles. The van der Waals surface area contributed by atoms with Crippen LogP contribution < -0.4 is 11.1 Å². The van der Waals surface area contributed by atoms with Gasteiger partial charge in [-0.25, -0.2) is 4.79 Å². The number of rotatable bonds is 3. The fourth-order valence-electron chi connectivity index (χ4n) is 0.726. The smallest absolute Gasteiger partial charge is 0.318 e. The summed E-state index contributed by atoms with van der Waals surface area (Å²) in [7, 11) is 0. The molecule has 1 unspecified atom stereocenters. The fraction of sp³-hybridized carbons (Fsp3) is 0.571. The van der Waals surface area contributed by atoms with Crippen molar-refractivity contribution in [2.24, 2.45) is 17.6 Å². The second-order valence-electron chi connectivity index (χ2n) is 2.76. The lowest BCUT2D eigenvalue weighted by Gasteiger charge is -2.11. The van der Waals surface area contributed by atoms with Crippen LogP contribution in [0, 0.1) is 11.8 Å². The van der Waals surface area contributed by atoms with Gasteiger partial charge in [0, 0.05) is 0 Å². The molecule has 3 N–H and O–H groups in total. The molecule has 5 heteroatoms. The van der Waals surface area contributed by atoms with Gasteiger partial charge in [0.25, 0.3) is 0 Å². The van der Waals surface area contributed by atoms with Gasteiger partial charge in [-0.3, -0.25) is 10.1 Å². The second-order valence-corrected chi connectivity index (χ2v) is 2.76. The lowest BCUT2D eigenvalue weighted by Crippen LogP contribution is -2.41. The van der Waals surface area contributed by atoms with Crippen molar-refractivity contribution >= 4 is 18.2 Å². The highest BCUT2D eigenvalue weighted by atomic mass is 16.2. The fourth-order valence-corrected chi connectivity index (χ4v) is 0.726. The average molecular weight is 172 g/mol.